The van der Waals surface area contributed by atoms with Crippen LogP contribution in [0.2, 0.25) is 0 Å². The number of para-hydroxylation sites is 1. The first-order valence-corrected chi connectivity index (χ1v) is 9.03. The van der Waals surface area contributed by atoms with E-state index < -0.39 is 24.4 Å². The number of anilines is 1. The molecular weight excluding hydrogens is 360 g/mol. The van der Waals surface area contributed by atoms with E-state index in [0.29, 0.717) is 12.2 Å². The van der Waals surface area contributed by atoms with E-state index in [0.717, 1.165) is 12.8 Å². The maximum absolute atomic E-state index is 12.4. The van der Waals surface area contributed by atoms with Crippen LogP contribution in [0.25, 0.3) is 0 Å². The van der Waals surface area contributed by atoms with Crippen molar-refractivity contribution in [2.45, 2.75) is 19.8 Å². The Morgan fingerprint density at radius 2 is 1.71 bits per heavy atom. The number of fused-ring (bicyclic) bond motifs is 1. The van der Waals surface area contributed by atoms with Crippen molar-refractivity contribution in [1.29, 1.82) is 0 Å². The van der Waals surface area contributed by atoms with E-state index in [4.69, 9.17) is 4.74 Å². The van der Waals surface area contributed by atoms with Gasteiger partial charge in [0, 0.05) is 12.2 Å². The first-order valence-electron chi connectivity index (χ1n) is 9.03. The average molecular weight is 380 g/mol. The molecule has 28 heavy (non-hydrogen) atoms. The minimum Gasteiger partial charge on any atom is -0.452 e. The summed E-state index contributed by atoms with van der Waals surface area (Å²) in [6.07, 6.45) is 1.58. The van der Waals surface area contributed by atoms with Gasteiger partial charge in [0.2, 0.25) is 0 Å². The van der Waals surface area contributed by atoms with Crippen LogP contribution in [0.1, 0.15) is 50.8 Å². The number of imide groups is 1. The van der Waals surface area contributed by atoms with Crippen LogP contribution in [0.4, 0.5) is 5.69 Å². The molecule has 3 amide bonds. The average Bonchev–Trinajstić information content (AvgIpc) is 2.95. The van der Waals surface area contributed by atoms with Crippen LogP contribution in [0.15, 0.2) is 48.5 Å². The predicted octanol–water partition coefficient (Wildman–Crippen LogP) is 2.88. The Hall–Kier alpha value is -3.48. The van der Waals surface area contributed by atoms with Gasteiger partial charge in [0.05, 0.1) is 16.7 Å². The molecular formula is C21H20N2O5. The molecule has 3 rings (SSSR count). The summed E-state index contributed by atoms with van der Waals surface area (Å²) in [6.45, 7) is 1.86. The lowest BCUT2D eigenvalue weighted by atomic mass is 10.1. The molecule has 1 aliphatic heterocycles. The van der Waals surface area contributed by atoms with Crippen molar-refractivity contribution in [3.05, 3.63) is 65.2 Å². The molecule has 0 fully saturated rings. The minimum absolute atomic E-state index is 0.116. The molecule has 1 N–H and O–H groups in total. The summed E-state index contributed by atoms with van der Waals surface area (Å²) in [5.41, 5.74) is 1.17. The van der Waals surface area contributed by atoms with Gasteiger partial charge in [0.1, 0.15) is 0 Å². The molecule has 2 aromatic carbocycles. The number of hydrogen-bond acceptors (Lipinski definition) is 5. The molecule has 0 radical (unpaired) electrons. The Morgan fingerprint density at radius 1 is 1.00 bits per heavy atom. The maximum Gasteiger partial charge on any atom is 0.338 e. The van der Waals surface area contributed by atoms with E-state index >= 15 is 0 Å². The van der Waals surface area contributed by atoms with Gasteiger partial charge in [0.25, 0.3) is 17.7 Å². The number of amides is 3. The number of unbranched alkanes of at least 4 members (excludes halogenated alkanes) is 1. The summed E-state index contributed by atoms with van der Waals surface area (Å²) in [5.74, 6) is -1.98. The number of carbonyl (C=O) groups excluding carboxylic acids is 4. The van der Waals surface area contributed by atoms with Crippen LogP contribution in [0, 0.1) is 0 Å². The highest BCUT2D eigenvalue weighted by molar-refractivity contribution is 6.22. The van der Waals surface area contributed by atoms with Crippen molar-refractivity contribution >= 4 is 29.4 Å². The Morgan fingerprint density at radius 3 is 2.43 bits per heavy atom. The summed E-state index contributed by atoms with van der Waals surface area (Å²) >= 11 is 0. The number of ether oxygens (including phenoxy) is 1. The number of esters is 1. The molecule has 0 aromatic heterocycles. The number of hydrogen-bond donors (Lipinski definition) is 1. The Labute approximate surface area is 162 Å². The van der Waals surface area contributed by atoms with E-state index in [9.17, 15) is 19.2 Å². The zero-order valence-electron chi connectivity index (χ0n) is 15.4. The molecule has 1 aliphatic rings. The molecule has 0 unspecified atom stereocenters. The van der Waals surface area contributed by atoms with Gasteiger partial charge in [-0.15, -0.1) is 0 Å². The largest absolute Gasteiger partial charge is 0.452 e. The van der Waals surface area contributed by atoms with Crippen LogP contribution in [0.5, 0.6) is 0 Å². The van der Waals surface area contributed by atoms with Crippen molar-refractivity contribution in [3.63, 3.8) is 0 Å². The Balaban J connectivity index is 1.63. The summed E-state index contributed by atoms with van der Waals surface area (Å²) in [5, 5.41) is 2.61. The summed E-state index contributed by atoms with van der Waals surface area (Å²) in [6, 6.07) is 13.0. The fourth-order valence-corrected chi connectivity index (χ4v) is 2.87. The second-order valence-corrected chi connectivity index (χ2v) is 6.37. The molecule has 0 bridgehead atoms. The topological polar surface area (TPSA) is 92.8 Å². The molecule has 1 heterocycles. The second-order valence-electron chi connectivity index (χ2n) is 6.37. The van der Waals surface area contributed by atoms with E-state index in [1.807, 2.05) is 13.0 Å². The molecule has 7 nitrogen and oxygen atoms in total. The summed E-state index contributed by atoms with van der Waals surface area (Å²) in [4.78, 5) is 50.1. The quantitative estimate of drug-likeness (QED) is 0.589. The minimum atomic E-state index is -0.738. The number of carbonyl (C=O) groups is 4. The third-order valence-electron chi connectivity index (χ3n) is 4.33. The lowest BCUT2D eigenvalue weighted by Crippen LogP contribution is -2.30. The van der Waals surface area contributed by atoms with Crippen LogP contribution >= 0.6 is 0 Å². The molecule has 0 aliphatic carbocycles. The number of benzene rings is 2. The Bertz CT molecular complexity index is 924. The van der Waals surface area contributed by atoms with E-state index in [2.05, 4.69) is 5.32 Å². The van der Waals surface area contributed by atoms with Crippen molar-refractivity contribution in [2.24, 2.45) is 0 Å². The van der Waals surface area contributed by atoms with Gasteiger partial charge in [-0.05, 0) is 36.8 Å². The standard InChI is InChI=1S/C21H20N2O5/c1-2-3-11-23-19(25)16-10-9-14(12-17(16)20(23)26)21(27)28-13-18(24)22-15-7-5-4-6-8-15/h4-10,12H,2-3,11,13H2,1H3,(H,22,24). The monoisotopic (exact) mass is 380 g/mol. The first-order chi connectivity index (χ1) is 13.5. The molecule has 2 aromatic rings. The van der Waals surface area contributed by atoms with Crippen LogP contribution in [-0.4, -0.2) is 41.7 Å². The number of nitrogens with zero attached hydrogens (tertiary/aromatic N) is 1. The molecule has 0 saturated heterocycles. The smallest absolute Gasteiger partial charge is 0.338 e. The van der Waals surface area contributed by atoms with Crippen molar-refractivity contribution in [1.82, 2.24) is 4.90 Å². The Kier molecular flexibility index (Phi) is 5.84. The fraction of sp³-hybridized carbons (Fsp3) is 0.238. The SMILES string of the molecule is CCCCN1C(=O)c2ccc(C(=O)OCC(=O)Nc3ccccc3)cc2C1=O. The summed E-state index contributed by atoms with van der Waals surface area (Å²) in [7, 11) is 0. The fourth-order valence-electron chi connectivity index (χ4n) is 2.87. The van der Waals surface area contributed by atoms with Gasteiger partial charge in [-0.3, -0.25) is 19.3 Å². The highest BCUT2D eigenvalue weighted by Crippen LogP contribution is 2.24. The van der Waals surface area contributed by atoms with E-state index in [1.54, 1.807) is 24.3 Å². The molecule has 0 atom stereocenters. The zero-order chi connectivity index (χ0) is 20.1. The van der Waals surface area contributed by atoms with Crippen LogP contribution in [0.3, 0.4) is 0 Å². The zero-order valence-corrected chi connectivity index (χ0v) is 15.4. The molecule has 0 saturated carbocycles. The maximum atomic E-state index is 12.4. The normalized spacial score (nSPS) is 12.7. The van der Waals surface area contributed by atoms with Crippen molar-refractivity contribution in [3.8, 4) is 0 Å². The van der Waals surface area contributed by atoms with Gasteiger partial charge in [-0.25, -0.2) is 4.79 Å². The lowest BCUT2D eigenvalue weighted by Gasteiger charge is -2.12. The van der Waals surface area contributed by atoms with E-state index in [-0.39, 0.29) is 22.6 Å². The van der Waals surface area contributed by atoms with Crippen molar-refractivity contribution < 1.29 is 23.9 Å². The van der Waals surface area contributed by atoms with E-state index in [1.165, 1.54) is 23.1 Å². The van der Waals surface area contributed by atoms with Gasteiger partial charge in [-0.1, -0.05) is 31.5 Å². The molecule has 7 heteroatoms. The third kappa shape index (κ3) is 4.09. The molecule has 144 valence electrons. The first kappa shape index (κ1) is 19.3. The highest BCUT2D eigenvalue weighted by atomic mass is 16.5. The molecule has 0 spiro atoms. The highest BCUT2D eigenvalue weighted by Gasteiger charge is 2.35. The second kappa shape index (κ2) is 8.47. The van der Waals surface area contributed by atoms with Gasteiger partial charge < -0.3 is 10.1 Å². The van der Waals surface area contributed by atoms with Gasteiger partial charge in [0.15, 0.2) is 6.61 Å². The van der Waals surface area contributed by atoms with Crippen molar-refractivity contribution in [2.75, 3.05) is 18.5 Å². The van der Waals surface area contributed by atoms with Crippen LogP contribution in [-0.2, 0) is 9.53 Å². The third-order valence-corrected chi connectivity index (χ3v) is 4.33. The van der Waals surface area contributed by atoms with Gasteiger partial charge >= 0.3 is 5.97 Å². The predicted molar refractivity (Wildman–Crippen MR) is 102 cm³/mol. The number of rotatable bonds is 7. The van der Waals surface area contributed by atoms with Gasteiger partial charge in [-0.2, -0.15) is 0 Å². The number of nitrogens with one attached hydrogen (secondary N) is 1. The van der Waals surface area contributed by atoms with Crippen LogP contribution < -0.4 is 5.32 Å². The lowest BCUT2D eigenvalue weighted by molar-refractivity contribution is -0.119. The summed E-state index contributed by atoms with van der Waals surface area (Å²) < 4.78 is 5.01.